The highest BCUT2D eigenvalue weighted by molar-refractivity contribution is 6.31. The van der Waals surface area contributed by atoms with Crippen LogP contribution in [-0.2, 0) is 29.6 Å². The lowest BCUT2D eigenvalue weighted by atomic mass is 9.49. The van der Waals surface area contributed by atoms with Gasteiger partial charge in [-0.25, -0.2) is 14.4 Å². The van der Waals surface area contributed by atoms with Gasteiger partial charge in [-0.2, -0.15) is 15.5 Å². The minimum absolute atomic E-state index is 0.0165. The lowest BCUT2D eigenvalue weighted by Gasteiger charge is -2.63. The number of carbonyl (C=O) groups excluding carboxylic acids is 3. The maximum Gasteiger partial charge on any atom is 0.254 e. The number of hydrogen-bond acceptors (Lipinski definition) is 11. The second-order valence-corrected chi connectivity index (χ2v) is 20.4. The first-order valence-electron chi connectivity index (χ1n) is 23.4. The Morgan fingerprint density at radius 3 is 2.28 bits per heavy atom. The Morgan fingerprint density at radius 2 is 1.65 bits per heavy atom. The molecule has 3 aromatic heterocycles. The van der Waals surface area contributed by atoms with Crippen molar-refractivity contribution in [2.24, 2.45) is 23.8 Å². The van der Waals surface area contributed by atoms with Crippen LogP contribution in [0, 0.1) is 33.9 Å². The van der Waals surface area contributed by atoms with E-state index < -0.39 is 16.6 Å². The zero-order valence-corrected chi connectivity index (χ0v) is 40.2. The summed E-state index contributed by atoms with van der Waals surface area (Å²) in [4.78, 5) is 54.7. The molecular formula is C50H58ClFN12O4. The summed E-state index contributed by atoms with van der Waals surface area (Å²) in [7, 11) is 1.82. The molecule has 4 aliphatic rings. The maximum atomic E-state index is 15.5. The quantitative estimate of drug-likeness (QED) is 0.134. The van der Waals surface area contributed by atoms with Gasteiger partial charge in [0.2, 0.25) is 17.8 Å². The molecule has 1 aliphatic carbocycles. The third-order valence-electron chi connectivity index (χ3n) is 14.6. The van der Waals surface area contributed by atoms with Crippen molar-refractivity contribution in [3.8, 4) is 22.9 Å². The molecule has 0 spiro atoms. The highest BCUT2D eigenvalue weighted by atomic mass is 35.5. The van der Waals surface area contributed by atoms with E-state index >= 15 is 4.39 Å². The summed E-state index contributed by atoms with van der Waals surface area (Å²) in [6, 6.07) is 12.0. The normalized spacial score (nSPS) is 20.2. The van der Waals surface area contributed by atoms with E-state index in [9.17, 15) is 19.6 Å². The van der Waals surface area contributed by atoms with Gasteiger partial charge < -0.3 is 30.1 Å². The number of anilines is 3. The molecule has 5 aromatic rings. The molecule has 16 nitrogen and oxygen atoms in total. The van der Waals surface area contributed by atoms with E-state index in [1.807, 2.05) is 24.2 Å². The van der Waals surface area contributed by atoms with Crippen LogP contribution in [0.3, 0.4) is 0 Å². The number of fused-ring (bicyclic) bond motifs is 1. The fourth-order valence-corrected chi connectivity index (χ4v) is 11.3. The molecular weight excluding hydrogens is 887 g/mol. The van der Waals surface area contributed by atoms with Crippen molar-refractivity contribution >= 4 is 46.8 Å². The summed E-state index contributed by atoms with van der Waals surface area (Å²) in [5, 5.41) is 25.2. The van der Waals surface area contributed by atoms with Crippen LogP contribution in [0.25, 0.3) is 11.1 Å². The van der Waals surface area contributed by atoms with E-state index in [1.54, 1.807) is 59.4 Å². The predicted octanol–water partition coefficient (Wildman–Crippen LogP) is 7.47. The fourth-order valence-electron chi connectivity index (χ4n) is 11.1. The van der Waals surface area contributed by atoms with Gasteiger partial charge in [0.1, 0.15) is 23.7 Å². The lowest BCUT2D eigenvalue weighted by molar-refractivity contribution is -0.164. The number of aryl methyl sites for hydroxylation is 1. The molecule has 3 amide bonds. The van der Waals surface area contributed by atoms with E-state index in [-0.39, 0.29) is 41.8 Å². The lowest BCUT2D eigenvalue weighted by Crippen LogP contribution is -2.74. The molecule has 2 aromatic carbocycles. The third-order valence-corrected chi connectivity index (χ3v) is 15.0. The van der Waals surface area contributed by atoms with Crippen molar-refractivity contribution in [3.63, 3.8) is 0 Å². The summed E-state index contributed by atoms with van der Waals surface area (Å²) in [6.07, 6.45) is 10.7. The molecule has 3 fully saturated rings. The minimum atomic E-state index is -0.412. The first kappa shape index (κ1) is 46.6. The van der Waals surface area contributed by atoms with Crippen molar-refractivity contribution < 1.29 is 23.5 Å². The van der Waals surface area contributed by atoms with E-state index in [2.05, 4.69) is 69.0 Å². The third kappa shape index (κ3) is 9.10. The molecule has 2 saturated heterocycles. The number of amides is 3. The van der Waals surface area contributed by atoms with Gasteiger partial charge in [-0.05, 0) is 61.4 Å². The van der Waals surface area contributed by atoms with Gasteiger partial charge in [0, 0.05) is 118 Å². The first-order chi connectivity index (χ1) is 32.5. The second-order valence-electron chi connectivity index (χ2n) is 20.0. The highest BCUT2D eigenvalue weighted by Gasteiger charge is 2.64. The number of likely N-dealkylation sites (tertiary alicyclic amines) is 1. The maximum absolute atomic E-state index is 15.5. The van der Waals surface area contributed by atoms with Gasteiger partial charge in [-0.3, -0.25) is 23.7 Å². The number of ether oxygens (including phenoxy) is 1. The molecule has 3 aliphatic heterocycles. The predicted molar refractivity (Wildman–Crippen MR) is 255 cm³/mol. The van der Waals surface area contributed by atoms with Gasteiger partial charge in [0.15, 0.2) is 5.82 Å². The summed E-state index contributed by atoms with van der Waals surface area (Å²) in [5.74, 6) is 1.39. The summed E-state index contributed by atoms with van der Waals surface area (Å²) in [6.45, 7) is 13.4. The number of nitrogens with one attached hydrogen (secondary N) is 2. The molecule has 1 saturated carbocycles. The second kappa shape index (κ2) is 18.5. The number of nitrogens with zero attached hydrogens (tertiary/aromatic N) is 10. The standard InChI is InChI=1S/C50H58ClFN12O4/c1-30(65)63-20-15-42-38(29-63)44(57-41-10-8-32(22-40(41)52)35-27-56-60(6)28-35)59-64(42)36-13-18-61(19-14-36)43(66)21-31-11-16-62(17-12-31)48-54-25-34(26-55-48)45(67)58-46-49(2,3)47(50(46,4)5)68-37-9-7-33(24-53)39(51)23-37/h7-10,22-23,25-28,31,36,46-47H,11-21,29H2,1-6H3,(H,57,59)(H,58,67). The Labute approximate surface area is 400 Å². The number of carbonyl (C=O) groups is 3. The van der Waals surface area contributed by atoms with Crippen molar-refractivity contribution in [2.45, 2.75) is 97.9 Å². The summed E-state index contributed by atoms with van der Waals surface area (Å²) in [5.41, 5.74) is 3.72. The van der Waals surface area contributed by atoms with Gasteiger partial charge in [0.05, 0.1) is 40.6 Å². The molecule has 0 radical (unpaired) electrons. The first-order valence-corrected chi connectivity index (χ1v) is 23.8. The molecule has 0 bridgehead atoms. The minimum Gasteiger partial charge on any atom is -0.489 e. The van der Waals surface area contributed by atoms with Gasteiger partial charge in [-0.1, -0.05) is 45.4 Å². The average molecular weight is 946 g/mol. The number of benzene rings is 2. The zero-order valence-electron chi connectivity index (χ0n) is 39.4. The van der Waals surface area contributed by atoms with Crippen LogP contribution < -0.4 is 20.3 Å². The molecule has 356 valence electrons. The number of halogens is 2. The van der Waals surface area contributed by atoms with Crippen LogP contribution in [-0.4, -0.2) is 102 Å². The van der Waals surface area contributed by atoms with E-state index in [0.29, 0.717) is 91.5 Å². The van der Waals surface area contributed by atoms with Crippen molar-refractivity contribution in [1.82, 2.24) is 44.6 Å². The van der Waals surface area contributed by atoms with E-state index in [0.717, 1.165) is 48.1 Å². The Bertz CT molecular complexity index is 2750. The summed E-state index contributed by atoms with van der Waals surface area (Å²) >= 11 is 6.26. The molecule has 0 unspecified atom stereocenters. The van der Waals surface area contributed by atoms with Gasteiger partial charge in [-0.15, -0.1) is 0 Å². The largest absolute Gasteiger partial charge is 0.489 e. The van der Waals surface area contributed by atoms with E-state index in [4.69, 9.17) is 21.4 Å². The topological polar surface area (TPSA) is 179 Å². The monoisotopic (exact) mass is 944 g/mol. The van der Waals surface area contributed by atoms with Crippen LogP contribution in [0.5, 0.6) is 5.75 Å². The number of aromatic nitrogens is 6. The van der Waals surface area contributed by atoms with Crippen LogP contribution in [0.4, 0.5) is 21.8 Å². The molecule has 0 atom stereocenters. The van der Waals surface area contributed by atoms with Crippen LogP contribution >= 0.6 is 11.6 Å². The van der Waals surface area contributed by atoms with Crippen molar-refractivity contribution in [2.75, 3.05) is 42.9 Å². The Balaban J connectivity index is 0.757. The molecule has 68 heavy (non-hydrogen) atoms. The highest BCUT2D eigenvalue weighted by Crippen LogP contribution is 2.55. The number of hydrogen-bond donors (Lipinski definition) is 2. The SMILES string of the molecule is CC(=O)N1CCc2c(c(Nc3ccc(-c4cnn(C)c4)cc3F)nn2C2CCN(C(=O)CC3CCN(c4ncc(C(=O)NC5C(C)(C)C(Oc6ccc(C#N)c(Cl)c6)C5(C)C)cn4)CC3)CC2)C1. The van der Waals surface area contributed by atoms with Crippen LogP contribution in [0.2, 0.25) is 5.02 Å². The molecule has 2 N–H and O–H groups in total. The smallest absolute Gasteiger partial charge is 0.254 e. The Hall–Kier alpha value is -6.54. The number of piperidine rings is 2. The van der Waals surface area contributed by atoms with Crippen molar-refractivity contribution in [1.29, 1.82) is 5.26 Å². The molecule has 9 rings (SSSR count). The summed E-state index contributed by atoms with van der Waals surface area (Å²) < 4.78 is 25.7. The Morgan fingerprint density at radius 1 is 0.926 bits per heavy atom. The van der Waals surface area contributed by atoms with Crippen LogP contribution in [0.15, 0.2) is 61.2 Å². The fraction of sp³-hybridized carbons (Fsp3) is 0.480. The molecule has 18 heteroatoms. The zero-order chi connectivity index (χ0) is 48.1. The van der Waals surface area contributed by atoms with E-state index in [1.165, 1.54) is 6.07 Å². The number of nitriles is 1. The van der Waals surface area contributed by atoms with Crippen LogP contribution in [0.1, 0.15) is 99.9 Å². The number of rotatable bonds is 11. The van der Waals surface area contributed by atoms with Crippen molar-refractivity contribution in [3.05, 3.63) is 94.4 Å². The van der Waals surface area contributed by atoms with Gasteiger partial charge in [0.25, 0.3) is 5.91 Å². The molecule has 6 heterocycles. The Kier molecular flexibility index (Phi) is 12.7. The average Bonchev–Trinajstić information content (AvgIpc) is 3.93. The van der Waals surface area contributed by atoms with Gasteiger partial charge >= 0.3 is 0 Å².